The van der Waals surface area contributed by atoms with Crippen LogP contribution in [0.4, 0.5) is 0 Å². The molecule has 0 saturated carbocycles. The molecule has 0 bridgehead atoms. The smallest absolute Gasteiger partial charge is 0.397 e. The summed E-state index contributed by atoms with van der Waals surface area (Å²) in [6, 6.07) is -0.484. The summed E-state index contributed by atoms with van der Waals surface area (Å²) in [5.74, 6) is -2.99. The highest BCUT2D eigenvalue weighted by Gasteiger charge is 2.44. The van der Waals surface area contributed by atoms with Crippen molar-refractivity contribution < 1.29 is 33.4 Å². The number of β-lactam (4-membered cyclic amide) rings is 1. The number of carbonyl (C=O) groups excluding carboxylic acids is 4. The molecule has 0 aromatic rings. The summed E-state index contributed by atoms with van der Waals surface area (Å²) in [4.78, 5) is 47.1. The van der Waals surface area contributed by atoms with E-state index >= 15 is 0 Å². The first-order valence-corrected chi connectivity index (χ1v) is 9.64. The van der Waals surface area contributed by atoms with E-state index in [-0.39, 0.29) is 23.7 Å². The molecule has 2 unspecified atom stereocenters. The number of thiocarbonyl (C=S) groups is 1. The predicted molar refractivity (Wildman–Crippen MR) is 103 cm³/mol. The molecule has 0 radical (unpaired) electrons. The molecule has 1 saturated heterocycles. The van der Waals surface area contributed by atoms with Crippen LogP contribution in [-0.2, 0) is 33.4 Å². The summed E-state index contributed by atoms with van der Waals surface area (Å²) >= 11 is 6.43. The van der Waals surface area contributed by atoms with E-state index in [0.29, 0.717) is 17.4 Å². The van der Waals surface area contributed by atoms with Crippen LogP contribution in [0.3, 0.4) is 0 Å². The molecule has 10 heteroatoms. The van der Waals surface area contributed by atoms with Gasteiger partial charge in [-0.15, -0.1) is 0 Å². The average Bonchev–Trinajstić information content (AvgIpc) is 2.55. The van der Waals surface area contributed by atoms with Gasteiger partial charge in [0.25, 0.3) is 0 Å². The average molecular weight is 420 g/mol. The number of methoxy groups -OCH3 is 1. The van der Waals surface area contributed by atoms with Gasteiger partial charge in [0, 0.05) is 18.6 Å². The third-order valence-corrected chi connectivity index (χ3v) is 4.89. The zero-order valence-corrected chi connectivity index (χ0v) is 17.7. The van der Waals surface area contributed by atoms with Gasteiger partial charge >= 0.3 is 17.8 Å². The minimum absolute atomic E-state index is 0.0456. The van der Waals surface area contributed by atoms with Crippen molar-refractivity contribution in [2.45, 2.75) is 51.8 Å². The van der Waals surface area contributed by atoms with E-state index in [1.165, 1.54) is 18.7 Å². The summed E-state index contributed by atoms with van der Waals surface area (Å²) in [7, 11) is 1.07. The first kappa shape index (κ1) is 23.4. The molecule has 152 valence electrons. The van der Waals surface area contributed by atoms with Crippen LogP contribution in [0.25, 0.3) is 0 Å². The predicted octanol–water partition coefficient (Wildman–Crippen LogP) is 1.69. The molecule has 2 atom stereocenters. The van der Waals surface area contributed by atoms with Crippen molar-refractivity contribution in [3.05, 3.63) is 0 Å². The molecule has 8 nitrogen and oxygen atoms in total. The second kappa shape index (κ2) is 10.0. The Morgan fingerprint density at radius 3 is 2.41 bits per heavy atom. The summed E-state index contributed by atoms with van der Waals surface area (Å²) in [6.07, 6.45) is 0.431. The van der Waals surface area contributed by atoms with Gasteiger partial charge in [-0.3, -0.25) is 19.3 Å². The lowest BCUT2D eigenvalue weighted by molar-refractivity contribution is -0.170. The van der Waals surface area contributed by atoms with Crippen molar-refractivity contribution in [2.24, 2.45) is 5.41 Å². The van der Waals surface area contributed by atoms with Crippen molar-refractivity contribution in [2.75, 3.05) is 20.3 Å². The molecule has 0 aromatic heterocycles. The van der Waals surface area contributed by atoms with Crippen LogP contribution in [0.2, 0.25) is 0 Å². The van der Waals surface area contributed by atoms with Crippen LogP contribution in [0.15, 0.2) is 0 Å². The Hall–Kier alpha value is -1.68. The number of carbonyl (C=O) groups is 4. The zero-order chi connectivity index (χ0) is 20.8. The number of thioether (sulfide) groups is 1. The Labute approximate surface area is 168 Å². The molecule has 1 aliphatic heterocycles. The van der Waals surface area contributed by atoms with E-state index in [1.54, 1.807) is 0 Å². The fourth-order valence-corrected chi connectivity index (χ4v) is 3.57. The molecule has 1 rings (SSSR count). The van der Waals surface area contributed by atoms with E-state index in [9.17, 15) is 19.2 Å². The third kappa shape index (κ3) is 7.84. The molecule has 1 aliphatic rings. The molecule has 0 spiro atoms. The minimum Gasteiger partial charge on any atom is -0.478 e. The first-order chi connectivity index (χ1) is 12.4. The van der Waals surface area contributed by atoms with Gasteiger partial charge in [0.2, 0.25) is 10.3 Å². The van der Waals surface area contributed by atoms with Gasteiger partial charge in [-0.1, -0.05) is 32.5 Å². The van der Waals surface area contributed by atoms with E-state index < -0.39 is 29.8 Å². The number of rotatable bonds is 6. The van der Waals surface area contributed by atoms with Crippen LogP contribution >= 0.6 is 24.0 Å². The van der Waals surface area contributed by atoms with Gasteiger partial charge < -0.3 is 14.2 Å². The van der Waals surface area contributed by atoms with Gasteiger partial charge in [-0.25, -0.2) is 4.79 Å². The number of imide groups is 1. The fraction of sp³-hybridized carbons (Fsp3) is 0.706. The summed E-state index contributed by atoms with van der Waals surface area (Å²) in [5.41, 5.74) is -0.0693. The summed E-state index contributed by atoms with van der Waals surface area (Å²) in [6.45, 7) is 7.78. The van der Waals surface area contributed by atoms with Crippen molar-refractivity contribution in [1.82, 2.24) is 4.90 Å². The van der Waals surface area contributed by atoms with Crippen molar-refractivity contribution in [3.8, 4) is 0 Å². The molecule has 0 N–H and O–H groups in total. The Bertz CT molecular complexity index is 615. The SMILES string of the molecule is COC(=O)C(=O)N1C(=O)CC1CC(COC(C)=O)SC(=S)OCC(C)(C)C. The largest absolute Gasteiger partial charge is 0.478 e. The second-order valence-electron chi connectivity index (χ2n) is 7.30. The topological polar surface area (TPSA) is 99.2 Å². The van der Waals surface area contributed by atoms with Crippen LogP contribution in [0, 0.1) is 5.41 Å². The normalized spacial score (nSPS) is 17.6. The van der Waals surface area contributed by atoms with E-state index in [1.807, 2.05) is 20.8 Å². The molecule has 1 heterocycles. The minimum atomic E-state index is -1.10. The highest BCUT2D eigenvalue weighted by molar-refractivity contribution is 8.23. The molecule has 27 heavy (non-hydrogen) atoms. The maximum Gasteiger partial charge on any atom is 0.397 e. The Morgan fingerprint density at radius 2 is 1.93 bits per heavy atom. The molecular weight excluding hydrogens is 394 g/mol. The van der Waals surface area contributed by atoms with E-state index in [2.05, 4.69) is 4.74 Å². The van der Waals surface area contributed by atoms with Crippen LogP contribution < -0.4 is 0 Å². The lowest BCUT2D eigenvalue weighted by Crippen LogP contribution is -2.58. The number of hydrogen-bond donors (Lipinski definition) is 0. The quantitative estimate of drug-likeness (QED) is 0.275. The van der Waals surface area contributed by atoms with Gasteiger partial charge in [-0.05, 0) is 24.1 Å². The number of ether oxygens (including phenoxy) is 3. The Kier molecular flexibility index (Phi) is 8.67. The zero-order valence-electron chi connectivity index (χ0n) is 16.1. The van der Waals surface area contributed by atoms with Crippen molar-refractivity contribution in [1.29, 1.82) is 0 Å². The highest BCUT2D eigenvalue weighted by Crippen LogP contribution is 2.30. The molecule has 0 aliphatic carbocycles. The molecular formula is C17H25NO7S2. The highest BCUT2D eigenvalue weighted by atomic mass is 32.2. The van der Waals surface area contributed by atoms with Crippen LogP contribution in [0.5, 0.6) is 0 Å². The lowest BCUT2D eigenvalue weighted by atomic mass is 9.96. The maximum absolute atomic E-state index is 11.9. The van der Waals surface area contributed by atoms with Crippen LogP contribution in [0.1, 0.15) is 40.5 Å². The monoisotopic (exact) mass is 419 g/mol. The summed E-state index contributed by atoms with van der Waals surface area (Å²) < 4.78 is 15.3. The fourth-order valence-electron chi connectivity index (χ4n) is 2.25. The van der Waals surface area contributed by atoms with E-state index in [0.717, 1.165) is 12.0 Å². The number of hydrogen-bond acceptors (Lipinski definition) is 9. The Morgan fingerprint density at radius 1 is 1.30 bits per heavy atom. The number of amides is 2. The van der Waals surface area contributed by atoms with Gasteiger partial charge in [0.1, 0.15) is 6.61 Å². The summed E-state index contributed by atoms with van der Waals surface area (Å²) in [5, 5.41) is -0.326. The number of likely N-dealkylation sites (tertiary alicyclic amines) is 1. The maximum atomic E-state index is 11.9. The van der Waals surface area contributed by atoms with Gasteiger partial charge in [-0.2, -0.15) is 0 Å². The number of esters is 2. The lowest BCUT2D eigenvalue weighted by Gasteiger charge is -2.39. The first-order valence-electron chi connectivity index (χ1n) is 8.35. The second-order valence-corrected chi connectivity index (χ2v) is 9.20. The van der Waals surface area contributed by atoms with Gasteiger partial charge in [0.05, 0.1) is 19.8 Å². The van der Waals surface area contributed by atoms with Crippen LogP contribution in [-0.4, -0.2) is 64.7 Å². The van der Waals surface area contributed by atoms with Crippen molar-refractivity contribution >= 4 is 52.1 Å². The molecule has 1 fully saturated rings. The van der Waals surface area contributed by atoms with E-state index in [4.69, 9.17) is 21.7 Å². The third-order valence-electron chi connectivity index (χ3n) is 3.52. The van der Waals surface area contributed by atoms with Crippen molar-refractivity contribution in [3.63, 3.8) is 0 Å². The molecule has 0 aromatic carbocycles. The molecule has 2 amide bonds. The number of nitrogens with zero attached hydrogens (tertiary/aromatic N) is 1. The Balaban J connectivity index is 2.72. The van der Waals surface area contributed by atoms with Gasteiger partial charge in [0.15, 0.2) is 0 Å². The standard InChI is InChI=1S/C17H25NO7S2/c1-10(19)24-8-12(27-16(26)25-9-17(2,3)4)6-11-7-13(20)18(11)14(21)15(22)23-5/h11-12H,6-9H2,1-5H3.